The highest BCUT2D eigenvalue weighted by Crippen LogP contribution is 2.18. The highest BCUT2D eigenvalue weighted by molar-refractivity contribution is 5.94. The van der Waals surface area contributed by atoms with E-state index in [4.69, 9.17) is 0 Å². The molecular weight excluding hydrogens is 293 g/mol. The van der Waals surface area contributed by atoms with Gasteiger partial charge in [0.15, 0.2) is 5.78 Å². The summed E-state index contributed by atoms with van der Waals surface area (Å²) in [6, 6.07) is 8.65. The molecule has 0 spiro atoms. The van der Waals surface area contributed by atoms with E-state index in [0.717, 1.165) is 40.9 Å². The van der Waals surface area contributed by atoms with Crippen LogP contribution in [0.3, 0.4) is 0 Å². The number of rotatable bonds is 5. The number of carbonyl (C=O) groups is 1. The molecule has 0 bridgehead atoms. The van der Waals surface area contributed by atoms with Crippen LogP contribution in [0.2, 0.25) is 0 Å². The lowest BCUT2D eigenvalue weighted by Gasteiger charge is -2.16. The summed E-state index contributed by atoms with van der Waals surface area (Å²) in [5.74, 6) is -0.149. The highest BCUT2D eigenvalue weighted by Gasteiger charge is 2.10. The Morgan fingerprint density at radius 2 is 2.04 bits per heavy atom. The van der Waals surface area contributed by atoms with E-state index < -0.39 is 0 Å². The number of Topliss-reactive ketones (excluding diaryl/α,β-unsaturated/α-hetero) is 1. The second kappa shape index (κ2) is 6.01. The zero-order valence-corrected chi connectivity index (χ0v) is 13.6. The molecule has 0 aliphatic rings. The molecule has 3 rings (SSSR count). The van der Waals surface area contributed by atoms with Crippen molar-refractivity contribution >= 4 is 16.7 Å². The van der Waals surface area contributed by atoms with E-state index in [1.54, 1.807) is 13.0 Å². The summed E-state index contributed by atoms with van der Waals surface area (Å²) in [5, 5.41) is 0.881. The molecule has 0 atom stereocenters. The van der Waals surface area contributed by atoms with Crippen LogP contribution >= 0.6 is 0 Å². The fourth-order valence-electron chi connectivity index (χ4n) is 2.83. The second-order valence-electron chi connectivity index (χ2n) is 6.09. The van der Waals surface area contributed by atoms with Crippen LogP contribution in [-0.2, 0) is 20.1 Å². The molecule has 2 aromatic heterocycles. The van der Waals surface area contributed by atoms with E-state index in [-0.39, 0.29) is 11.6 Å². The average Bonchev–Trinajstić information content (AvgIpc) is 3.02. The van der Waals surface area contributed by atoms with E-state index in [9.17, 15) is 9.18 Å². The van der Waals surface area contributed by atoms with Gasteiger partial charge in [0.25, 0.3) is 0 Å². The van der Waals surface area contributed by atoms with Gasteiger partial charge in [-0.1, -0.05) is 0 Å². The van der Waals surface area contributed by atoms with E-state index >= 15 is 0 Å². The molecule has 0 fully saturated rings. The quantitative estimate of drug-likeness (QED) is 0.733. The Hall–Kier alpha value is -2.40. The van der Waals surface area contributed by atoms with Crippen LogP contribution in [-0.4, -0.2) is 27.3 Å². The van der Waals surface area contributed by atoms with Gasteiger partial charge in [0.1, 0.15) is 5.82 Å². The monoisotopic (exact) mass is 313 g/mol. The first-order valence-electron chi connectivity index (χ1n) is 7.54. The van der Waals surface area contributed by atoms with E-state index in [2.05, 4.69) is 9.88 Å². The molecule has 2 heterocycles. The molecular formula is C18H20FN3O. The Bertz CT molecular complexity index is 862. The van der Waals surface area contributed by atoms with Crippen LogP contribution in [0.15, 0.2) is 36.5 Å². The third-order valence-corrected chi connectivity index (χ3v) is 4.03. The van der Waals surface area contributed by atoms with Crippen molar-refractivity contribution in [2.45, 2.75) is 20.0 Å². The highest BCUT2D eigenvalue weighted by atomic mass is 19.1. The number of fused-ring (bicyclic) bond motifs is 1. The van der Waals surface area contributed by atoms with Crippen molar-refractivity contribution in [3.8, 4) is 0 Å². The molecule has 0 saturated carbocycles. The maximum Gasteiger partial charge on any atom is 0.161 e. The lowest BCUT2D eigenvalue weighted by Crippen LogP contribution is -2.18. The normalized spacial score (nSPS) is 11.5. The van der Waals surface area contributed by atoms with E-state index in [1.807, 2.05) is 37.0 Å². The minimum absolute atomic E-state index is 0.0761. The second-order valence-corrected chi connectivity index (χ2v) is 6.09. The fraction of sp³-hybridized carbons (Fsp3) is 0.278. The summed E-state index contributed by atoms with van der Waals surface area (Å²) in [6.07, 6.45) is 1.86. The maximum atomic E-state index is 13.3. The number of nitrogens with zero attached hydrogens (tertiary/aromatic N) is 2. The Morgan fingerprint density at radius 1 is 1.26 bits per heavy atom. The van der Waals surface area contributed by atoms with Crippen LogP contribution < -0.4 is 0 Å². The van der Waals surface area contributed by atoms with Crippen molar-refractivity contribution < 1.29 is 9.18 Å². The van der Waals surface area contributed by atoms with Crippen molar-refractivity contribution in [3.05, 3.63) is 59.3 Å². The van der Waals surface area contributed by atoms with Crippen LogP contribution in [0.1, 0.15) is 28.7 Å². The summed E-state index contributed by atoms with van der Waals surface area (Å²) < 4.78 is 15.2. The van der Waals surface area contributed by atoms with Crippen molar-refractivity contribution in [2.75, 3.05) is 7.05 Å². The molecule has 1 aromatic carbocycles. The molecule has 3 aromatic rings. The molecule has 0 unspecified atom stereocenters. The standard InChI is InChI=1S/C18H20FN3O/c1-12(23)14-8-17(22(3)9-14)11-21(2)10-16-7-13-6-15(19)4-5-18(13)20-16/h4-9,20H,10-11H2,1-3H3. The SMILES string of the molecule is CC(=O)c1cc(CN(C)Cc2cc3cc(F)ccc3[nH]2)n(C)c1. The third kappa shape index (κ3) is 3.35. The summed E-state index contributed by atoms with van der Waals surface area (Å²) in [5.41, 5.74) is 3.79. The molecule has 23 heavy (non-hydrogen) atoms. The maximum absolute atomic E-state index is 13.3. The summed E-state index contributed by atoms with van der Waals surface area (Å²) in [6.45, 7) is 3.02. The Morgan fingerprint density at radius 3 is 2.74 bits per heavy atom. The van der Waals surface area contributed by atoms with Crippen LogP contribution in [0.5, 0.6) is 0 Å². The molecule has 1 N–H and O–H groups in total. The van der Waals surface area contributed by atoms with Crippen molar-refractivity contribution in [1.29, 1.82) is 0 Å². The zero-order chi connectivity index (χ0) is 16.6. The smallest absolute Gasteiger partial charge is 0.161 e. The van der Waals surface area contributed by atoms with Gasteiger partial charge < -0.3 is 9.55 Å². The van der Waals surface area contributed by atoms with Gasteiger partial charge in [-0.05, 0) is 44.3 Å². The van der Waals surface area contributed by atoms with Gasteiger partial charge in [-0.3, -0.25) is 9.69 Å². The zero-order valence-electron chi connectivity index (χ0n) is 13.6. The first-order valence-corrected chi connectivity index (χ1v) is 7.54. The van der Waals surface area contributed by atoms with E-state index in [0.29, 0.717) is 0 Å². The van der Waals surface area contributed by atoms with E-state index in [1.165, 1.54) is 12.1 Å². The van der Waals surface area contributed by atoms with Crippen LogP contribution in [0.4, 0.5) is 4.39 Å². The molecule has 0 saturated heterocycles. The largest absolute Gasteiger partial charge is 0.357 e. The van der Waals surface area contributed by atoms with Gasteiger partial charge in [-0.15, -0.1) is 0 Å². The molecule has 0 aliphatic heterocycles. The summed E-state index contributed by atoms with van der Waals surface area (Å²) >= 11 is 0. The average molecular weight is 313 g/mol. The van der Waals surface area contributed by atoms with Gasteiger partial charge in [-0.2, -0.15) is 0 Å². The third-order valence-electron chi connectivity index (χ3n) is 4.03. The first kappa shape index (κ1) is 15.5. The number of aromatic amines is 1. The lowest BCUT2D eigenvalue weighted by molar-refractivity contribution is 0.101. The van der Waals surface area contributed by atoms with Gasteiger partial charge in [0.2, 0.25) is 0 Å². The Balaban J connectivity index is 1.73. The van der Waals surface area contributed by atoms with Crippen molar-refractivity contribution in [1.82, 2.24) is 14.5 Å². The number of carbonyl (C=O) groups excluding carboxylic acids is 1. The molecule has 0 amide bonds. The number of benzene rings is 1. The number of halogens is 1. The molecule has 0 radical (unpaired) electrons. The minimum atomic E-state index is -0.225. The number of nitrogens with one attached hydrogen (secondary N) is 1. The summed E-state index contributed by atoms with van der Waals surface area (Å²) in [4.78, 5) is 16.9. The number of hydrogen-bond donors (Lipinski definition) is 1. The number of aryl methyl sites for hydroxylation is 1. The van der Waals surface area contributed by atoms with Gasteiger partial charge in [0, 0.05) is 54.2 Å². The first-order chi connectivity index (χ1) is 10.9. The van der Waals surface area contributed by atoms with Gasteiger partial charge in [-0.25, -0.2) is 4.39 Å². The predicted molar refractivity (Wildman–Crippen MR) is 88.8 cm³/mol. The van der Waals surface area contributed by atoms with Crippen molar-refractivity contribution in [2.24, 2.45) is 7.05 Å². The number of H-pyrrole nitrogens is 1. The van der Waals surface area contributed by atoms with Crippen molar-refractivity contribution in [3.63, 3.8) is 0 Å². The van der Waals surface area contributed by atoms with Crippen LogP contribution in [0, 0.1) is 5.82 Å². The van der Waals surface area contributed by atoms with Gasteiger partial charge >= 0.3 is 0 Å². The molecule has 5 heteroatoms. The minimum Gasteiger partial charge on any atom is -0.357 e. The Labute approximate surface area is 134 Å². The van der Waals surface area contributed by atoms with Gasteiger partial charge in [0.05, 0.1) is 0 Å². The number of aromatic nitrogens is 2. The number of ketones is 1. The predicted octanol–water partition coefficient (Wildman–Crippen LogP) is 3.48. The lowest BCUT2D eigenvalue weighted by atomic mass is 10.2. The molecule has 120 valence electrons. The Kier molecular flexibility index (Phi) is 4.05. The fourth-order valence-corrected chi connectivity index (χ4v) is 2.83. The number of hydrogen-bond acceptors (Lipinski definition) is 2. The van der Waals surface area contributed by atoms with Crippen LogP contribution in [0.25, 0.3) is 10.9 Å². The topological polar surface area (TPSA) is 41.0 Å². The molecule has 0 aliphatic carbocycles. The summed E-state index contributed by atoms with van der Waals surface area (Å²) in [7, 11) is 3.97. The molecule has 4 nitrogen and oxygen atoms in total.